The predicted molar refractivity (Wildman–Crippen MR) is 82.2 cm³/mol. The van der Waals surface area contributed by atoms with Crippen molar-refractivity contribution in [2.24, 2.45) is 0 Å². The molecule has 0 unspecified atom stereocenters. The van der Waals surface area contributed by atoms with Crippen molar-refractivity contribution in [3.8, 4) is 0 Å². The topological polar surface area (TPSA) is 206 Å². The van der Waals surface area contributed by atoms with Crippen molar-refractivity contribution < 1.29 is 49.8 Å². The van der Waals surface area contributed by atoms with Crippen LogP contribution in [-0.4, -0.2) is 91.2 Å². The van der Waals surface area contributed by atoms with Gasteiger partial charge in [0.1, 0.15) is 24.1 Å². The van der Waals surface area contributed by atoms with Crippen LogP contribution in [0, 0.1) is 0 Å². The van der Waals surface area contributed by atoms with E-state index in [1.165, 1.54) is 6.92 Å². The largest absolute Gasteiger partial charge is 0.477 e. The lowest BCUT2D eigenvalue weighted by molar-refractivity contribution is -0.296. The molecule has 0 spiro atoms. The van der Waals surface area contributed by atoms with Gasteiger partial charge in [0.05, 0.1) is 18.8 Å². The van der Waals surface area contributed by atoms with Crippen molar-refractivity contribution in [2.45, 2.75) is 62.4 Å². The standard InChI is InChI=1S/C14H24N2O10/c1-6(18)2-3-9(21)15-16-10-7(19)4-14(25,13(23)24)26-12(10)11(22)8(20)5-17/h7-8,10-12,16-17,19-20,22,25H,2-5H2,1H3,(H,15,21)(H,23,24)/t7-,8+,10+,11+,12+,14+/m0/s1. The second-order valence-electron chi connectivity index (χ2n) is 6.10. The first-order valence-corrected chi connectivity index (χ1v) is 7.84. The molecule has 1 amide bonds. The zero-order chi connectivity index (χ0) is 20.1. The first-order valence-electron chi connectivity index (χ1n) is 7.84. The van der Waals surface area contributed by atoms with Gasteiger partial charge in [0.2, 0.25) is 5.91 Å². The van der Waals surface area contributed by atoms with Crippen LogP contribution >= 0.6 is 0 Å². The zero-order valence-electron chi connectivity index (χ0n) is 14.0. The molecule has 0 radical (unpaired) electrons. The van der Waals surface area contributed by atoms with Gasteiger partial charge in [-0.25, -0.2) is 10.2 Å². The van der Waals surface area contributed by atoms with Gasteiger partial charge in [-0.2, -0.15) is 0 Å². The van der Waals surface area contributed by atoms with E-state index in [0.29, 0.717) is 0 Å². The van der Waals surface area contributed by atoms with Crippen LogP contribution in [0.25, 0.3) is 0 Å². The van der Waals surface area contributed by atoms with Gasteiger partial charge in [-0.3, -0.25) is 10.2 Å². The Morgan fingerprint density at radius 3 is 2.38 bits per heavy atom. The minimum Gasteiger partial charge on any atom is -0.477 e. The summed E-state index contributed by atoms with van der Waals surface area (Å²) in [6.45, 7) is 0.398. The number of aliphatic hydroxyl groups excluding tert-OH is 4. The quantitative estimate of drug-likeness (QED) is 0.181. The molecule has 150 valence electrons. The summed E-state index contributed by atoms with van der Waals surface area (Å²) in [5.74, 6) is -5.50. The highest BCUT2D eigenvalue weighted by Crippen LogP contribution is 2.30. The highest BCUT2D eigenvalue weighted by molar-refractivity contribution is 5.83. The van der Waals surface area contributed by atoms with Crippen molar-refractivity contribution in [2.75, 3.05) is 6.61 Å². The molecule has 0 aromatic heterocycles. The van der Waals surface area contributed by atoms with Gasteiger partial charge in [0, 0.05) is 19.3 Å². The highest BCUT2D eigenvalue weighted by Gasteiger charge is 2.53. The van der Waals surface area contributed by atoms with Crippen LogP contribution in [0.3, 0.4) is 0 Å². The molecule has 1 aliphatic heterocycles. The lowest BCUT2D eigenvalue weighted by Gasteiger charge is -2.44. The van der Waals surface area contributed by atoms with E-state index in [4.69, 9.17) is 14.9 Å². The summed E-state index contributed by atoms with van der Waals surface area (Å²) in [5, 5.41) is 57.7. The Bertz CT molecular complexity index is 530. The van der Waals surface area contributed by atoms with E-state index in [9.17, 15) is 34.8 Å². The van der Waals surface area contributed by atoms with Crippen LogP contribution in [0.2, 0.25) is 0 Å². The molecule has 26 heavy (non-hydrogen) atoms. The number of hydrazine groups is 1. The van der Waals surface area contributed by atoms with Crippen LogP contribution in [0.5, 0.6) is 0 Å². The SMILES string of the molecule is CC(=O)CCC(=O)NN[C@H]1[C@H]([C@H](O)[C@H](O)CO)O[C@@](O)(C(=O)O)C[C@@H]1O. The Balaban J connectivity index is 2.89. The number of amides is 1. The fourth-order valence-electron chi connectivity index (χ4n) is 2.42. The van der Waals surface area contributed by atoms with Crippen molar-refractivity contribution in [1.82, 2.24) is 10.9 Å². The number of ether oxygens (including phenoxy) is 1. The number of hydrogen-bond donors (Lipinski definition) is 8. The Morgan fingerprint density at radius 2 is 1.88 bits per heavy atom. The summed E-state index contributed by atoms with van der Waals surface area (Å²) in [4.78, 5) is 33.7. The molecule has 0 aliphatic carbocycles. The zero-order valence-corrected chi connectivity index (χ0v) is 14.0. The minimum atomic E-state index is -2.84. The monoisotopic (exact) mass is 380 g/mol. The summed E-state index contributed by atoms with van der Waals surface area (Å²) in [7, 11) is 0. The molecule has 8 N–H and O–H groups in total. The number of carbonyl (C=O) groups excluding carboxylic acids is 2. The first-order chi connectivity index (χ1) is 12.0. The number of aliphatic carboxylic acids is 1. The lowest BCUT2D eigenvalue weighted by Crippen LogP contribution is -2.68. The maximum Gasteiger partial charge on any atom is 0.364 e. The fourth-order valence-corrected chi connectivity index (χ4v) is 2.42. The molecule has 1 fully saturated rings. The molecular formula is C14H24N2O10. The molecule has 0 saturated carbocycles. The first kappa shape index (κ1) is 22.4. The third-order valence-corrected chi connectivity index (χ3v) is 3.92. The lowest BCUT2D eigenvalue weighted by atomic mass is 9.89. The van der Waals surface area contributed by atoms with Gasteiger partial charge >= 0.3 is 5.97 Å². The van der Waals surface area contributed by atoms with Crippen LogP contribution in [0.15, 0.2) is 0 Å². The number of aliphatic hydroxyl groups is 5. The van der Waals surface area contributed by atoms with E-state index in [1.54, 1.807) is 0 Å². The smallest absolute Gasteiger partial charge is 0.364 e. The van der Waals surface area contributed by atoms with Crippen LogP contribution < -0.4 is 10.9 Å². The Labute approximate surface area is 148 Å². The second kappa shape index (κ2) is 9.32. The molecule has 6 atom stereocenters. The van der Waals surface area contributed by atoms with Crippen LogP contribution in [0.4, 0.5) is 0 Å². The molecule has 12 nitrogen and oxygen atoms in total. The molecule has 1 rings (SSSR count). The second-order valence-corrected chi connectivity index (χ2v) is 6.10. The number of ketones is 1. The molecule has 1 saturated heterocycles. The van der Waals surface area contributed by atoms with E-state index < -0.39 is 61.1 Å². The highest BCUT2D eigenvalue weighted by atomic mass is 16.7. The van der Waals surface area contributed by atoms with E-state index in [-0.39, 0.29) is 18.6 Å². The van der Waals surface area contributed by atoms with E-state index in [2.05, 4.69) is 10.9 Å². The van der Waals surface area contributed by atoms with Crippen molar-refractivity contribution in [3.05, 3.63) is 0 Å². The molecule has 0 aromatic rings. The maximum atomic E-state index is 11.7. The average molecular weight is 380 g/mol. The Morgan fingerprint density at radius 1 is 1.27 bits per heavy atom. The van der Waals surface area contributed by atoms with Crippen molar-refractivity contribution >= 4 is 17.7 Å². The molecule has 1 heterocycles. The normalized spacial score (nSPS) is 31.1. The number of rotatable bonds is 9. The molecule has 12 heteroatoms. The average Bonchev–Trinajstić information content (AvgIpc) is 2.56. The number of hydrogen-bond acceptors (Lipinski definition) is 10. The molecule has 0 bridgehead atoms. The number of carbonyl (C=O) groups is 3. The summed E-state index contributed by atoms with van der Waals surface area (Å²) in [6, 6.07) is -1.33. The Kier molecular flexibility index (Phi) is 8.02. The Hall–Kier alpha value is -1.67. The summed E-state index contributed by atoms with van der Waals surface area (Å²) >= 11 is 0. The number of Topliss-reactive ketones (excluding diaryl/α,β-unsaturated/α-hetero) is 1. The van der Waals surface area contributed by atoms with Gasteiger partial charge in [0.25, 0.3) is 5.79 Å². The van der Waals surface area contributed by atoms with E-state index in [0.717, 1.165) is 0 Å². The van der Waals surface area contributed by atoms with Crippen molar-refractivity contribution in [1.29, 1.82) is 0 Å². The van der Waals surface area contributed by atoms with Gasteiger partial charge in [-0.1, -0.05) is 0 Å². The van der Waals surface area contributed by atoms with Crippen LogP contribution in [0.1, 0.15) is 26.2 Å². The van der Waals surface area contributed by atoms with Gasteiger partial charge < -0.3 is 40.2 Å². The summed E-state index contributed by atoms with van der Waals surface area (Å²) in [5.41, 5.74) is 4.51. The van der Waals surface area contributed by atoms with Gasteiger partial charge in [-0.15, -0.1) is 0 Å². The molecule has 0 aromatic carbocycles. The number of carboxylic acids is 1. The van der Waals surface area contributed by atoms with Gasteiger partial charge in [-0.05, 0) is 6.92 Å². The third-order valence-electron chi connectivity index (χ3n) is 3.92. The minimum absolute atomic E-state index is 0.0225. The molecular weight excluding hydrogens is 356 g/mol. The van der Waals surface area contributed by atoms with Crippen LogP contribution in [-0.2, 0) is 19.1 Å². The molecule has 1 aliphatic rings. The van der Waals surface area contributed by atoms with E-state index in [1.807, 2.05) is 0 Å². The summed E-state index contributed by atoms with van der Waals surface area (Å²) in [6.07, 6.45) is -7.93. The fraction of sp³-hybridized carbons (Fsp3) is 0.786. The number of nitrogens with one attached hydrogen (secondary N) is 2. The van der Waals surface area contributed by atoms with Crippen molar-refractivity contribution in [3.63, 3.8) is 0 Å². The summed E-state index contributed by atoms with van der Waals surface area (Å²) < 4.78 is 4.94. The third kappa shape index (κ3) is 5.67. The number of carboxylic acid groups (broad SMARTS) is 1. The maximum absolute atomic E-state index is 11.7. The van der Waals surface area contributed by atoms with E-state index >= 15 is 0 Å². The predicted octanol–water partition coefficient (Wildman–Crippen LogP) is -4.02. The van der Waals surface area contributed by atoms with Gasteiger partial charge in [0.15, 0.2) is 0 Å².